The van der Waals surface area contributed by atoms with Gasteiger partial charge in [-0.2, -0.15) is 4.31 Å². The van der Waals surface area contributed by atoms with Crippen LogP contribution in [0.3, 0.4) is 0 Å². The zero-order chi connectivity index (χ0) is 17.9. The van der Waals surface area contributed by atoms with Crippen LogP contribution in [-0.2, 0) is 14.8 Å². The maximum Gasteiger partial charge on any atom is 0.243 e. The summed E-state index contributed by atoms with van der Waals surface area (Å²) in [5.41, 5.74) is 6.10. The van der Waals surface area contributed by atoms with Crippen LogP contribution < -0.4 is 5.73 Å². The molecule has 2 rings (SSSR count). The molecule has 1 aliphatic heterocycles. The molecule has 1 aromatic rings. The summed E-state index contributed by atoms with van der Waals surface area (Å²) in [6.07, 6.45) is 0.263. The third-order valence-corrected chi connectivity index (χ3v) is 5.90. The molecule has 0 spiro atoms. The summed E-state index contributed by atoms with van der Waals surface area (Å²) >= 11 is 0. The number of carbonyl (C=O) groups excluding carboxylic acids is 2. The Bertz CT molecular complexity index is 705. The lowest BCUT2D eigenvalue weighted by molar-refractivity contribution is -0.132. The van der Waals surface area contributed by atoms with Crippen molar-refractivity contribution in [3.63, 3.8) is 0 Å². The van der Waals surface area contributed by atoms with E-state index in [1.165, 1.54) is 35.5 Å². The summed E-state index contributed by atoms with van der Waals surface area (Å²) in [6, 6.07) is 5.70. The average Bonchev–Trinajstić information content (AvgIpc) is 2.54. The molecule has 1 atom stereocenters. The molecule has 1 amide bonds. The largest absolute Gasteiger partial charge is 0.340 e. The van der Waals surface area contributed by atoms with Gasteiger partial charge in [-0.15, -0.1) is 0 Å². The van der Waals surface area contributed by atoms with Crippen LogP contribution >= 0.6 is 0 Å². The maximum atomic E-state index is 12.6. The molecule has 0 aromatic heterocycles. The van der Waals surface area contributed by atoms with E-state index in [0.717, 1.165) is 0 Å². The van der Waals surface area contributed by atoms with Gasteiger partial charge in [-0.1, -0.05) is 12.1 Å². The Labute approximate surface area is 142 Å². The first kappa shape index (κ1) is 18.6. The molecule has 1 fully saturated rings. The molecule has 0 radical (unpaired) electrons. The molecule has 1 saturated heterocycles. The summed E-state index contributed by atoms with van der Waals surface area (Å²) in [5, 5.41) is 0. The highest BCUT2D eigenvalue weighted by Crippen LogP contribution is 2.19. The van der Waals surface area contributed by atoms with Gasteiger partial charge in [0.15, 0.2) is 5.78 Å². The molecule has 132 valence electrons. The lowest BCUT2D eigenvalue weighted by Gasteiger charge is -2.34. The van der Waals surface area contributed by atoms with Crippen molar-refractivity contribution in [2.75, 3.05) is 26.2 Å². The van der Waals surface area contributed by atoms with Crippen LogP contribution in [-0.4, -0.2) is 61.5 Å². The van der Waals surface area contributed by atoms with E-state index < -0.39 is 10.0 Å². The second kappa shape index (κ2) is 7.42. The predicted molar refractivity (Wildman–Crippen MR) is 90.1 cm³/mol. The molecule has 2 N–H and O–H groups in total. The van der Waals surface area contributed by atoms with Crippen molar-refractivity contribution in [3.8, 4) is 0 Å². The van der Waals surface area contributed by atoms with Crippen molar-refractivity contribution in [2.24, 2.45) is 5.73 Å². The molecule has 1 aromatic carbocycles. The standard InChI is InChI=1S/C16H23N3O4S/c1-12(17)11-16(21)18-7-9-19(10-8-18)24(22,23)15-5-3-14(4-6-15)13(2)20/h3-6,12H,7-11,17H2,1-2H3. The molecule has 1 heterocycles. The first-order valence-electron chi connectivity index (χ1n) is 7.86. The van der Waals surface area contributed by atoms with E-state index in [2.05, 4.69) is 0 Å². The number of nitrogens with two attached hydrogens (primary N) is 1. The number of benzene rings is 1. The summed E-state index contributed by atoms with van der Waals surface area (Å²) in [4.78, 5) is 25.1. The number of Topliss-reactive ketones (excluding diaryl/α,β-unsaturated/α-hetero) is 1. The molecular weight excluding hydrogens is 330 g/mol. The number of hydrogen-bond donors (Lipinski definition) is 1. The fourth-order valence-electron chi connectivity index (χ4n) is 2.59. The van der Waals surface area contributed by atoms with Gasteiger partial charge in [0, 0.05) is 44.2 Å². The van der Waals surface area contributed by atoms with Crippen molar-refractivity contribution in [1.82, 2.24) is 9.21 Å². The molecule has 0 bridgehead atoms. The smallest absolute Gasteiger partial charge is 0.243 e. The molecular formula is C16H23N3O4S. The van der Waals surface area contributed by atoms with Crippen molar-refractivity contribution in [3.05, 3.63) is 29.8 Å². The summed E-state index contributed by atoms with van der Waals surface area (Å²) in [6.45, 7) is 4.42. The number of piperazine rings is 1. The minimum absolute atomic E-state index is 0.0483. The van der Waals surface area contributed by atoms with E-state index in [1.54, 1.807) is 11.8 Å². The minimum atomic E-state index is -3.62. The van der Waals surface area contributed by atoms with Crippen LogP contribution in [0.5, 0.6) is 0 Å². The van der Waals surface area contributed by atoms with E-state index in [-0.39, 0.29) is 42.1 Å². The Morgan fingerprint density at radius 2 is 1.67 bits per heavy atom. The SMILES string of the molecule is CC(=O)c1ccc(S(=O)(=O)N2CCN(C(=O)CC(C)N)CC2)cc1. The third-order valence-electron chi connectivity index (χ3n) is 3.99. The zero-order valence-electron chi connectivity index (χ0n) is 13.9. The Morgan fingerprint density at radius 1 is 1.12 bits per heavy atom. The van der Waals surface area contributed by atoms with Crippen molar-refractivity contribution < 1.29 is 18.0 Å². The monoisotopic (exact) mass is 353 g/mol. The number of ketones is 1. The second-order valence-corrected chi connectivity index (χ2v) is 7.98. The lowest BCUT2D eigenvalue weighted by Crippen LogP contribution is -2.51. The van der Waals surface area contributed by atoms with Crippen LogP contribution in [0.25, 0.3) is 0 Å². The van der Waals surface area contributed by atoms with E-state index in [4.69, 9.17) is 5.73 Å². The molecule has 24 heavy (non-hydrogen) atoms. The maximum absolute atomic E-state index is 12.6. The van der Waals surface area contributed by atoms with Crippen molar-refractivity contribution in [2.45, 2.75) is 31.2 Å². The molecule has 1 aliphatic rings. The average molecular weight is 353 g/mol. The van der Waals surface area contributed by atoms with Gasteiger partial charge in [0.2, 0.25) is 15.9 Å². The van der Waals surface area contributed by atoms with Crippen LogP contribution in [0.2, 0.25) is 0 Å². The zero-order valence-corrected chi connectivity index (χ0v) is 14.8. The lowest BCUT2D eigenvalue weighted by atomic mass is 10.2. The van der Waals surface area contributed by atoms with Gasteiger partial charge in [-0.3, -0.25) is 9.59 Å². The highest BCUT2D eigenvalue weighted by molar-refractivity contribution is 7.89. The summed E-state index contributed by atoms with van der Waals surface area (Å²) in [5.74, 6) is -0.159. The van der Waals surface area contributed by atoms with Gasteiger partial charge in [0.05, 0.1) is 4.90 Å². The summed E-state index contributed by atoms with van der Waals surface area (Å²) in [7, 11) is -3.62. The topological polar surface area (TPSA) is 101 Å². The third kappa shape index (κ3) is 4.19. The van der Waals surface area contributed by atoms with Crippen molar-refractivity contribution in [1.29, 1.82) is 0 Å². The molecule has 7 nitrogen and oxygen atoms in total. The molecule has 8 heteroatoms. The quantitative estimate of drug-likeness (QED) is 0.775. The molecule has 1 unspecified atom stereocenters. The number of carbonyl (C=O) groups is 2. The number of sulfonamides is 1. The van der Waals surface area contributed by atoms with Gasteiger partial charge < -0.3 is 10.6 Å². The van der Waals surface area contributed by atoms with E-state index in [9.17, 15) is 18.0 Å². The van der Waals surface area contributed by atoms with Gasteiger partial charge in [0.1, 0.15) is 0 Å². The Kier molecular flexibility index (Phi) is 5.74. The highest BCUT2D eigenvalue weighted by atomic mass is 32.2. The normalized spacial score (nSPS) is 17.5. The first-order chi connectivity index (χ1) is 11.2. The van der Waals surface area contributed by atoms with Crippen LogP contribution in [0.1, 0.15) is 30.6 Å². The number of amides is 1. The Balaban J connectivity index is 2.04. The number of nitrogens with zero attached hydrogens (tertiary/aromatic N) is 2. The van der Waals surface area contributed by atoms with Crippen LogP contribution in [0, 0.1) is 0 Å². The highest BCUT2D eigenvalue weighted by Gasteiger charge is 2.30. The summed E-state index contributed by atoms with van der Waals surface area (Å²) < 4.78 is 26.6. The van der Waals surface area contributed by atoms with Gasteiger partial charge in [-0.05, 0) is 26.0 Å². The van der Waals surface area contributed by atoms with Crippen LogP contribution in [0.15, 0.2) is 29.2 Å². The molecule has 0 saturated carbocycles. The van der Waals surface area contributed by atoms with Gasteiger partial charge in [-0.25, -0.2) is 8.42 Å². The fraction of sp³-hybridized carbons (Fsp3) is 0.500. The van der Waals surface area contributed by atoms with Crippen LogP contribution in [0.4, 0.5) is 0 Å². The van der Waals surface area contributed by atoms with Gasteiger partial charge >= 0.3 is 0 Å². The molecule has 0 aliphatic carbocycles. The number of rotatable bonds is 5. The second-order valence-electron chi connectivity index (χ2n) is 6.05. The van der Waals surface area contributed by atoms with Gasteiger partial charge in [0.25, 0.3) is 0 Å². The predicted octanol–water partition coefficient (Wildman–Crippen LogP) is 0.459. The first-order valence-corrected chi connectivity index (χ1v) is 9.30. The fourth-order valence-corrected chi connectivity index (χ4v) is 4.02. The van der Waals surface area contributed by atoms with Crippen molar-refractivity contribution >= 4 is 21.7 Å². The Morgan fingerprint density at radius 3 is 2.12 bits per heavy atom. The van der Waals surface area contributed by atoms with E-state index >= 15 is 0 Å². The van der Waals surface area contributed by atoms with E-state index in [1.807, 2.05) is 0 Å². The number of hydrogen-bond acceptors (Lipinski definition) is 5. The van der Waals surface area contributed by atoms with E-state index in [0.29, 0.717) is 18.7 Å². The minimum Gasteiger partial charge on any atom is -0.340 e. The Hall–Kier alpha value is -1.77.